The number of aromatic nitrogens is 2. The molecule has 0 unspecified atom stereocenters. The molecule has 0 spiro atoms. The number of halogens is 1. The standard InChI is InChI=1S/C51H56FN9O13/c1-4-51(72)35-19-39-47-33(25-61(39)49(70)34(35)26-74-50(51)71)32(31-17-29(2)36(52)20-37(31)58-47)24-59(3)46(68)27-73-28-56-42(64)22-55-48(69)38(18-30-11-7-5-8-12-30)57-43(65)23-54-41(63)21-53-40(62)13-9-6-10-16-60-44(66)14-15-45(60)67/h5,7-8,11-12,14-15,17,19-20,38,72H,4,6,9-10,13,16,18,21-28H2,1-3H3,(H,53,62)(H,54,63)(H,55,69)(H,56,64)(H,57,65)/t38-,51-/m0/s1. The smallest absolute Gasteiger partial charge is 0.343 e. The van der Waals surface area contributed by atoms with Gasteiger partial charge in [-0.1, -0.05) is 43.7 Å². The zero-order valence-corrected chi connectivity index (χ0v) is 41.0. The Balaban J connectivity index is 0.870. The van der Waals surface area contributed by atoms with E-state index in [4.69, 9.17) is 14.5 Å². The molecule has 74 heavy (non-hydrogen) atoms. The molecule has 5 heterocycles. The number of unbranched alkanes of at least 4 members (excludes halogenated alkanes) is 2. The molecule has 23 heteroatoms. The van der Waals surface area contributed by atoms with E-state index in [1.165, 1.54) is 34.7 Å². The summed E-state index contributed by atoms with van der Waals surface area (Å²) >= 11 is 0. The second-order valence-corrected chi connectivity index (χ2v) is 18.0. The number of cyclic esters (lactones) is 1. The number of esters is 1. The van der Waals surface area contributed by atoms with Crippen molar-refractivity contribution in [2.45, 2.75) is 83.7 Å². The Kier molecular flexibility index (Phi) is 17.1. The Bertz CT molecular complexity index is 3000. The van der Waals surface area contributed by atoms with Crippen LogP contribution in [0, 0.1) is 12.7 Å². The van der Waals surface area contributed by atoms with Gasteiger partial charge < -0.3 is 50.6 Å². The number of aryl methyl sites for hydroxylation is 1. The lowest BCUT2D eigenvalue weighted by Crippen LogP contribution is -2.52. The quantitative estimate of drug-likeness (QED) is 0.0220. The van der Waals surface area contributed by atoms with E-state index in [1.807, 2.05) is 0 Å². The molecule has 0 saturated heterocycles. The van der Waals surface area contributed by atoms with Gasteiger partial charge >= 0.3 is 5.97 Å². The van der Waals surface area contributed by atoms with Gasteiger partial charge in [0.15, 0.2) is 5.60 Å². The highest BCUT2D eigenvalue weighted by atomic mass is 19.1. The Morgan fingerprint density at radius 3 is 2.30 bits per heavy atom. The summed E-state index contributed by atoms with van der Waals surface area (Å²) in [6.45, 7) is 0.735. The number of likely N-dealkylation sites (N-methyl/N-ethyl adjacent to an activating group) is 1. The molecular formula is C51H56FN9O13. The van der Waals surface area contributed by atoms with Crippen LogP contribution in [0.15, 0.2) is 65.5 Å². The SMILES string of the molecule is CC[C@@]1(O)C(=O)OCc2c1cc1n(c2=O)Cc2c-1nc1cc(F)c(C)cc1c2CN(C)C(=O)COCNC(=O)CNC(=O)[C@H](Cc1ccccc1)NC(=O)CNC(=O)CNC(=O)CCCCCN1C(=O)C=CC1=O. The lowest BCUT2D eigenvalue weighted by molar-refractivity contribution is -0.172. The summed E-state index contributed by atoms with van der Waals surface area (Å²) in [6, 6.07) is 12.0. The van der Waals surface area contributed by atoms with Gasteiger partial charge in [-0.15, -0.1) is 0 Å². The van der Waals surface area contributed by atoms with Crippen molar-refractivity contribution in [2.24, 2.45) is 0 Å². The van der Waals surface area contributed by atoms with Crippen LogP contribution < -0.4 is 32.1 Å². The van der Waals surface area contributed by atoms with Crippen LogP contribution in [0.4, 0.5) is 4.39 Å². The number of nitrogens with zero attached hydrogens (tertiary/aromatic N) is 4. The molecular weight excluding hydrogens is 966 g/mol. The molecule has 2 aromatic carbocycles. The Morgan fingerprint density at radius 2 is 1.57 bits per heavy atom. The molecule has 390 valence electrons. The van der Waals surface area contributed by atoms with E-state index in [9.17, 15) is 57.4 Å². The van der Waals surface area contributed by atoms with Crippen LogP contribution in [0.2, 0.25) is 0 Å². The Hall–Kier alpha value is -8.18. The van der Waals surface area contributed by atoms with Crippen molar-refractivity contribution in [2.75, 3.05) is 46.6 Å². The minimum atomic E-state index is -2.06. The van der Waals surface area contributed by atoms with E-state index in [2.05, 4.69) is 26.6 Å². The van der Waals surface area contributed by atoms with Crippen LogP contribution in [0.1, 0.15) is 72.4 Å². The van der Waals surface area contributed by atoms with Crippen molar-refractivity contribution in [1.29, 1.82) is 0 Å². The zero-order chi connectivity index (χ0) is 53.3. The minimum Gasteiger partial charge on any atom is -0.458 e. The second kappa shape index (κ2) is 23.6. The molecule has 3 aliphatic rings. The molecule has 4 aromatic rings. The molecule has 2 atom stereocenters. The lowest BCUT2D eigenvalue weighted by atomic mass is 9.86. The number of hydrogen-bond acceptors (Lipinski definition) is 14. The van der Waals surface area contributed by atoms with Crippen LogP contribution in [0.5, 0.6) is 0 Å². The second-order valence-electron chi connectivity index (χ2n) is 18.0. The molecule has 22 nitrogen and oxygen atoms in total. The summed E-state index contributed by atoms with van der Waals surface area (Å²) < 4.78 is 27.1. The normalized spacial score (nSPS) is 15.7. The molecule has 7 rings (SSSR count). The maximum absolute atomic E-state index is 15.0. The van der Waals surface area contributed by atoms with E-state index < -0.39 is 97.4 Å². The van der Waals surface area contributed by atoms with E-state index in [-0.39, 0.29) is 74.0 Å². The number of hydrogen-bond donors (Lipinski definition) is 6. The van der Waals surface area contributed by atoms with Gasteiger partial charge in [-0.25, -0.2) is 14.2 Å². The van der Waals surface area contributed by atoms with E-state index in [0.717, 1.165) is 4.90 Å². The summed E-state index contributed by atoms with van der Waals surface area (Å²) in [5.74, 6) is -5.82. The van der Waals surface area contributed by atoms with Gasteiger partial charge in [0.25, 0.3) is 17.4 Å². The van der Waals surface area contributed by atoms with Gasteiger partial charge in [0, 0.05) is 67.7 Å². The first-order valence-corrected chi connectivity index (χ1v) is 23.9. The number of aliphatic hydroxyl groups is 1. The molecule has 3 aliphatic heterocycles. The van der Waals surface area contributed by atoms with Crippen LogP contribution in [-0.2, 0) is 84.3 Å². The number of imide groups is 1. The van der Waals surface area contributed by atoms with E-state index in [1.54, 1.807) is 56.3 Å². The monoisotopic (exact) mass is 1020 g/mol. The minimum absolute atomic E-state index is 0.0292. The summed E-state index contributed by atoms with van der Waals surface area (Å²) in [6.07, 6.45) is 4.04. The zero-order valence-electron chi connectivity index (χ0n) is 41.0. The van der Waals surface area contributed by atoms with Gasteiger partial charge in [0.2, 0.25) is 35.4 Å². The summed E-state index contributed by atoms with van der Waals surface area (Å²) in [4.78, 5) is 134. The van der Waals surface area contributed by atoms with Crippen molar-refractivity contribution in [3.8, 4) is 11.4 Å². The predicted molar refractivity (Wildman–Crippen MR) is 260 cm³/mol. The third-order valence-electron chi connectivity index (χ3n) is 12.9. The predicted octanol–water partition coefficient (Wildman–Crippen LogP) is 0.137. The van der Waals surface area contributed by atoms with Gasteiger partial charge in [0.1, 0.15) is 31.8 Å². The molecule has 0 bridgehead atoms. The maximum atomic E-state index is 15.0. The number of fused-ring (bicyclic) bond motifs is 5. The third-order valence-corrected chi connectivity index (χ3v) is 12.9. The first-order valence-electron chi connectivity index (χ1n) is 23.9. The lowest BCUT2D eigenvalue weighted by Gasteiger charge is -2.31. The largest absolute Gasteiger partial charge is 0.458 e. The van der Waals surface area contributed by atoms with Crippen LogP contribution in [0.3, 0.4) is 0 Å². The van der Waals surface area contributed by atoms with Crippen LogP contribution in [-0.4, -0.2) is 130 Å². The highest BCUT2D eigenvalue weighted by Crippen LogP contribution is 2.41. The number of benzene rings is 2. The van der Waals surface area contributed by atoms with Crippen molar-refractivity contribution < 1.29 is 62.1 Å². The van der Waals surface area contributed by atoms with Crippen molar-refractivity contribution >= 4 is 64.1 Å². The molecule has 2 aromatic heterocycles. The van der Waals surface area contributed by atoms with Crippen LogP contribution >= 0.6 is 0 Å². The van der Waals surface area contributed by atoms with Crippen molar-refractivity contribution in [1.82, 2.24) is 45.9 Å². The van der Waals surface area contributed by atoms with Gasteiger partial charge in [-0.2, -0.15) is 0 Å². The topological polar surface area (TPSA) is 294 Å². The molecule has 6 N–H and O–H groups in total. The summed E-state index contributed by atoms with van der Waals surface area (Å²) in [5, 5.41) is 24.2. The number of carbonyl (C=O) groups is 9. The number of nitrogens with one attached hydrogen (secondary N) is 5. The molecule has 0 aliphatic carbocycles. The average molecular weight is 1020 g/mol. The van der Waals surface area contributed by atoms with E-state index >= 15 is 0 Å². The molecule has 8 amide bonds. The first-order chi connectivity index (χ1) is 35.4. The fourth-order valence-electron chi connectivity index (χ4n) is 8.73. The summed E-state index contributed by atoms with van der Waals surface area (Å²) in [7, 11) is 1.52. The third kappa shape index (κ3) is 12.3. The fourth-order valence-corrected chi connectivity index (χ4v) is 8.73. The highest BCUT2D eigenvalue weighted by molar-refractivity contribution is 6.12. The van der Waals surface area contributed by atoms with E-state index in [0.29, 0.717) is 58.3 Å². The number of rotatable bonds is 23. The van der Waals surface area contributed by atoms with Gasteiger partial charge in [-0.05, 0) is 55.0 Å². The molecule has 0 radical (unpaired) electrons. The van der Waals surface area contributed by atoms with Gasteiger partial charge in [-0.3, -0.25) is 48.1 Å². The Labute approximate surface area is 423 Å². The Morgan fingerprint density at radius 1 is 0.878 bits per heavy atom. The summed E-state index contributed by atoms with van der Waals surface area (Å²) in [5.41, 5.74) is 0.759. The molecule has 0 saturated carbocycles. The average Bonchev–Trinajstić information content (AvgIpc) is 3.92. The number of amides is 8. The maximum Gasteiger partial charge on any atom is 0.343 e. The van der Waals surface area contributed by atoms with Crippen molar-refractivity contribution in [3.05, 3.63) is 110 Å². The number of carbonyl (C=O) groups excluding carboxylic acids is 9. The fraction of sp³-hybridized carbons (Fsp3) is 0.392. The highest BCUT2D eigenvalue weighted by Gasteiger charge is 2.45. The first kappa shape index (κ1) is 53.6. The number of ether oxygens (including phenoxy) is 2. The number of pyridine rings is 2. The van der Waals surface area contributed by atoms with Gasteiger partial charge in [0.05, 0.1) is 48.6 Å². The van der Waals surface area contributed by atoms with Crippen molar-refractivity contribution in [3.63, 3.8) is 0 Å². The van der Waals surface area contributed by atoms with Crippen LogP contribution in [0.25, 0.3) is 22.3 Å². The molecule has 0 fully saturated rings.